The summed E-state index contributed by atoms with van der Waals surface area (Å²) in [6.45, 7) is 3.28. The summed E-state index contributed by atoms with van der Waals surface area (Å²) < 4.78 is 5.63. The van der Waals surface area contributed by atoms with Gasteiger partial charge >= 0.3 is 12.1 Å². The van der Waals surface area contributed by atoms with Crippen LogP contribution in [0, 0.1) is 5.41 Å². The van der Waals surface area contributed by atoms with Gasteiger partial charge in [-0.3, -0.25) is 4.98 Å². The molecule has 1 spiro atoms. The number of nitrogens with two attached hydrogens (primary N) is 1. The number of urea groups is 1. The van der Waals surface area contributed by atoms with E-state index in [0.717, 1.165) is 71.8 Å². The molecule has 3 heterocycles. The Balaban J connectivity index is 1.05. The molecule has 9 nitrogen and oxygen atoms in total. The third-order valence-electron chi connectivity index (χ3n) is 10.4. The molecule has 2 aromatic carbocycles. The quantitative estimate of drug-likeness (QED) is 0.391. The lowest BCUT2D eigenvalue weighted by molar-refractivity contribution is -0.116. The molecule has 7 rings (SSSR count). The van der Waals surface area contributed by atoms with Crippen LogP contribution in [-0.4, -0.2) is 70.3 Å². The SMILES string of the molecule is CN(C(N)=O)C1(C=O)Cc2cc3ccc(CN4CC5(CCN(C(=O)OCc6ccccc6)CC5)C5=C4C=CCC5)nc3cc2C1. The highest BCUT2D eigenvalue weighted by Crippen LogP contribution is 2.50. The zero-order valence-corrected chi connectivity index (χ0v) is 25.7. The van der Waals surface area contributed by atoms with E-state index in [1.54, 1.807) is 7.05 Å². The molecular weight excluding hydrogens is 566 g/mol. The summed E-state index contributed by atoms with van der Waals surface area (Å²) >= 11 is 0. The van der Waals surface area contributed by atoms with Crippen LogP contribution in [0.2, 0.25) is 0 Å². The maximum absolute atomic E-state index is 12.9. The average Bonchev–Trinajstić information content (AvgIpc) is 3.58. The summed E-state index contributed by atoms with van der Waals surface area (Å²) in [6.07, 6.45) is 9.98. The van der Waals surface area contributed by atoms with Gasteiger partial charge in [0.1, 0.15) is 18.4 Å². The van der Waals surface area contributed by atoms with Crippen LogP contribution < -0.4 is 5.73 Å². The van der Waals surface area contributed by atoms with Crippen molar-refractivity contribution in [1.29, 1.82) is 0 Å². The fourth-order valence-corrected chi connectivity index (χ4v) is 7.82. The number of nitrogens with zero attached hydrogens (tertiary/aromatic N) is 4. The van der Waals surface area contributed by atoms with Crippen LogP contribution in [-0.2, 0) is 35.5 Å². The number of likely N-dealkylation sites (tertiary alicyclic amines) is 1. The van der Waals surface area contributed by atoms with Gasteiger partial charge in [-0.2, -0.15) is 0 Å². The lowest BCUT2D eigenvalue weighted by Crippen LogP contribution is -2.53. The minimum absolute atomic E-state index is 0.0542. The molecule has 2 aliphatic heterocycles. The van der Waals surface area contributed by atoms with Gasteiger partial charge in [0.05, 0.1) is 17.8 Å². The molecule has 2 N–H and O–H groups in total. The minimum atomic E-state index is -0.956. The third-order valence-corrected chi connectivity index (χ3v) is 10.4. The molecule has 3 aromatic rings. The van der Waals surface area contributed by atoms with E-state index in [1.807, 2.05) is 35.2 Å². The predicted molar refractivity (Wildman–Crippen MR) is 171 cm³/mol. The van der Waals surface area contributed by atoms with Crippen molar-refractivity contribution in [2.75, 3.05) is 26.7 Å². The summed E-state index contributed by atoms with van der Waals surface area (Å²) in [7, 11) is 1.59. The number of rotatable bonds is 6. The number of ether oxygens (including phenoxy) is 1. The maximum Gasteiger partial charge on any atom is 0.410 e. The number of primary amides is 1. The number of allylic oxidation sites excluding steroid dienone is 2. The van der Waals surface area contributed by atoms with E-state index in [4.69, 9.17) is 15.5 Å². The number of carbonyl (C=O) groups is 3. The van der Waals surface area contributed by atoms with Gasteiger partial charge in [0.2, 0.25) is 0 Å². The second-order valence-electron chi connectivity index (χ2n) is 13.1. The van der Waals surface area contributed by atoms with Crippen molar-refractivity contribution in [2.24, 2.45) is 11.1 Å². The molecule has 1 unspecified atom stereocenters. The Hall–Kier alpha value is -4.66. The number of piperidine rings is 1. The Morgan fingerprint density at radius 2 is 1.82 bits per heavy atom. The first kappa shape index (κ1) is 29.1. The average molecular weight is 606 g/mol. The molecule has 3 amide bonds. The highest BCUT2D eigenvalue weighted by molar-refractivity contribution is 5.84. The monoisotopic (exact) mass is 605 g/mol. The Labute approximate surface area is 263 Å². The number of carbonyl (C=O) groups excluding carboxylic acids is 3. The molecule has 1 saturated heterocycles. The van der Waals surface area contributed by atoms with Crippen molar-refractivity contribution in [3.8, 4) is 0 Å². The van der Waals surface area contributed by atoms with Gasteiger partial charge in [0, 0.05) is 56.0 Å². The number of fused-ring (bicyclic) bond motifs is 3. The Kier molecular flexibility index (Phi) is 7.34. The summed E-state index contributed by atoms with van der Waals surface area (Å²) in [5.74, 6) is 0. The van der Waals surface area contributed by atoms with Crippen molar-refractivity contribution in [3.63, 3.8) is 0 Å². The summed E-state index contributed by atoms with van der Waals surface area (Å²) in [5, 5.41) is 1.02. The van der Waals surface area contributed by atoms with Crippen molar-refractivity contribution in [3.05, 3.63) is 100 Å². The molecule has 1 atom stereocenters. The molecule has 9 heteroatoms. The molecule has 45 heavy (non-hydrogen) atoms. The van der Waals surface area contributed by atoms with E-state index in [2.05, 4.69) is 41.3 Å². The van der Waals surface area contributed by atoms with Crippen LogP contribution in [0.25, 0.3) is 10.9 Å². The first-order chi connectivity index (χ1) is 21.8. The van der Waals surface area contributed by atoms with Crippen molar-refractivity contribution < 1.29 is 19.1 Å². The van der Waals surface area contributed by atoms with Crippen LogP contribution in [0.1, 0.15) is 48.1 Å². The molecular formula is C36H39N5O4. The van der Waals surface area contributed by atoms with Gasteiger partial charge in [-0.15, -0.1) is 0 Å². The fourth-order valence-electron chi connectivity index (χ4n) is 7.82. The van der Waals surface area contributed by atoms with Crippen molar-refractivity contribution in [1.82, 2.24) is 19.7 Å². The zero-order chi connectivity index (χ0) is 31.2. The van der Waals surface area contributed by atoms with E-state index in [9.17, 15) is 14.4 Å². The van der Waals surface area contributed by atoms with Gasteiger partial charge < -0.3 is 30.0 Å². The van der Waals surface area contributed by atoms with Gasteiger partial charge in [-0.1, -0.05) is 42.5 Å². The largest absolute Gasteiger partial charge is 0.445 e. The van der Waals surface area contributed by atoms with E-state index >= 15 is 0 Å². The highest BCUT2D eigenvalue weighted by atomic mass is 16.6. The number of hydrogen-bond acceptors (Lipinski definition) is 6. The number of aromatic nitrogens is 1. The second-order valence-corrected chi connectivity index (χ2v) is 13.1. The van der Waals surface area contributed by atoms with E-state index in [1.165, 1.54) is 16.2 Å². The lowest BCUT2D eigenvalue weighted by Gasteiger charge is -2.41. The minimum Gasteiger partial charge on any atom is -0.445 e. The van der Waals surface area contributed by atoms with Gasteiger partial charge in [-0.05, 0) is 72.2 Å². The normalized spacial score (nSPS) is 21.6. The predicted octanol–water partition coefficient (Wildman–Crippen LogP) is 5.12. The summed E-state index contributed by atoms with van der Waals surface area (Å²) in [5.41, 5.74) is 12.4. The number of pyridine rings is 1. The molecule has 2 aliphatic carbocycles. The van der Waals surface area contributed by atoms with Crippen molar-refractivity contribution in [2.45, 2.75) is 57.2 Å². The first-order valence-electron chi connectivity index (χ1n) is 15.8. The molecule has 232 valence electrons. The second kappa shape index (κ2) is 11.4. The van der Waals surface area contributed by atoms with Gasteiger partial charge in [0.15, 0.2) is 0 Å². The molecule has 1 fully saturated rings. The van der Waals surface area contributed by atoms with Crippen LogP contribution in [0.3, 0.4) is 0 Å². The van der Waals surface area contributed by atoms with Crippen LogP contribution in [0.15, 0.2) is 78.0 Å². The Morgan fingerprint density at radius 3 is 2.56 bits per heavy atom. The van der Waals surface area contributed by atoms with Crippen LogP contribution in [0.4, 0.5) is 9.59 Å². The third kappa shape index (κ3) is 5.24. The first-order valence-corrected chi connectivity index (χ1v) is 15.8. The van der Waals surface area contributed by atoms with E-state index < -0.39 is 11.6 Å². The molecule has 1 aromatic heterocycles. The smallest absolute Gasteiger partial charge is 0.410 e. The van der Waals surface area contributed by atoms with E-state index in [-0.39, 0.29) is 11.5 Å². The number of aldehydes is 1. The van der Waals surface area contributed by atoms with Crippen LogP contribution >= 0.6 is 0 Å². The maximum atomic E-state index is 12.9. The number of benzene rings is 2. The molecule has 0 bridgehead atoms. The topological polar surface area (TPSA) is 109 Å². The molecule has 4 aliphatic rings. The van der Waals surface area contributed by atoms with Gasteiger partial charge in [-0.25, -0.2) is 9.59 Å². The summed E-state index contributed by atoms with van der Waals surface area (Å²) in [6, 6.07) is 17.5. The van der Waals surface area contributed by atoms with Gasteiger partial charge in [0.25, 0.3) is 0 Å². The van der Waals surface area contributed by atoms with Crippen LogP contribution in [0.5, 0.6) is 0 Å². The fraction of sp³-hybridized carbons (Fsp3) is 0.389. The number of likely N-dealkylation sites (N-methyl/N-ethyl adjacent to an activating group) is 1. The number of hydrogen-bond donors (Lipinski definition) is 1. The number of amides is 3. The standard InChI is InChI=1S/C36H39N5O4/c1-39(33(37)43)36(24-42)19-27-17-26-11-12-29(38-31(26)18-28(27)20-36)21-41-23-35(30-9-5-6-10-32(30)41)13-15-40(16-14-35)34(44)45-22-25-7-3-2-4-8-25/h2-4,6-8,10-12,17-18,24H,5,9,13-16,19-23H2,1H3,(H2,37,43). The highest BCUT2D eigenvalue weighted by Gasteiger charge is 2.47. The molecule has 0 saturated carbocycles. The summed E-state index contributed by atoms with van der Waals surface area (Å²) in [4.78, 5) is 47.7. The Bertz CT molecular complexity index is 1730. The van der Waals surface area contributed by atoms with Crippen molar-refractivity contribution >= 4 is 29.3 Å². The Morgan fingerprint density at radius 1 is 1.07 bits per heavy atom. The van der Waals surface area contributed by atoms with E-state index in [0.29, 0.717) is 39.1 Å². The lowest BCUT2D eigenvalue weighted by atomic mass is 9.71. The zero-order valence-electron chi connectivity index (χ0n) is 25.7. The molecule has 0 radical (unpaired) electrons.